The van der Waals surface area contributed by atoms with Crippen molar-refractivity contribution in [1.29, 1.82) is 0 Å². The number of fused-ring (bicyclic) bond motifs is 3. The first-order chi connectivity index (χ1) is 13.9. The first-order valence-electron chi connectivity index (χ1n) is 9.83. The minimum absolute atomic E-state index is 0.0813. The molecule has 0 saturated carbocycles. The second-order valence-electron chi connectivity index (χ2n) is 6.79. The van der Waals surface area contributed by atoms with Crippen molar-refractivity contribution >= 4 is 33.6 Å². The highest BCUT2D eigenvalue weighted by Crippen LogP contribution is 2.37. The maximum absolute atomic E-state index is 13.6. The molecule has 9 heteroatoms. The fourth-order valence-electron chi connectivity index (χ4n) is 3.51. The topological polar surface area (TPSA) is 51.3 Å². The summed E-state index contributed by atoms with van der Waals surface area (Å²) in [6.45, 7) is -1.68. The van der Waals surface area contributed by atoms with Crippen molar-refractivity contribution in [3.05, 3.63) is 39.0 Å². The van der Waals surface area contributed by atoms with Gasteiger partial charge in [-0.25, -0.2) is 4.98 Å². The predicted molar refractivity (Wildman–Crippen MR) is 96.2 cm³/mol. The van der Waals surface area contributed by atoms with Crippen molar-refractivity contribution < 1.29 is 21.7 Å². The Hall–Kier alpha value is -2.06. The summed E-state index contributed by atoms with van der Waals surface area (Å²) in [6, 6.07) is 2.47. The van der Waals surface area contributed by atoms with E-state index in [1.165, 1.54) is 12.1 Å². The number of aromatic nitrogens is 2. The number of likely N-dealkylation sites (tertiary alicyclic amines) is 1. The van der Waals surface area contributed by atoms with Crippen LogP contribution in [-0.4, -0.2) is 34.6 Å². The molecule has 5 nitrogen and oxygen atoms in total. The van der Waals surface area contributed by atoms with Crippen LogP contribution in [0.15, 0.2) is 21.3 Å². The summed E-state index contributed by atoms with van der Waals surface area (Å²) in [5.41, 5.74) is -1.59. The molecule has 0 radical (unpaired) electrons. The Balaban J connectivity index is 2.08. The number of halogens is 4. The molecule has 3 heterocycles. The first kappa shape index (κ1) is 14.9. The summed E-state index contributed by atoms with van der Waals surface area (Å²) in [5.74, 6) is -1.41. The van der Waals surface area contributed by atoms with Crippen molar-refractivity contribution in [3.63, 3.8) is 0 Å². The second-order valence-corrected chi connectivity index (χ2v) is 7.20. The number of benzene rings is 1. The van der Waals surface area contributed by atoms with Crippen LogP contribution >= 0.6 is 11.6 Å². The van der Waals surface area contributed by atoms with Gasteiger partial charge < -0.3 is 13.9 Å². The van der Waals surface area contributed by atoms with Crippen LogP contribution in [0.4, 0.5) is 13.2 Å². The lowest BCUT2D eigenvalue weighted by Crippen LogP contribution is -2.29. The van der Waals surface area contributed by atoms with Gasteiger partial charge in [-0.15, -0.1) is 0 Å². The van der Waals surface area contributed by atoms with Gasteiger partial charge in [0.2, 0.25) is 5.82 Å². The van der Waals surface area contributed by atoms with E-state index in [0.717, 1.165) is 13.1 Å². The zero-order valence-corrected chi connectivity index (χ0v) is 15.0. The molecule has 1 aromatic carbocycles. The van der Waals surface area contributed by atoms with E-state index in [0.29, 0.717) is 18.6 Å². The molecule has 2 aromatic heterocycles. The Morgan fingerprint density at radius 2 is 2.04 bits per heavy atom. The van der Waals surface area contributed by atoms with Gasteiger partial charge in [-0.05, 0) is 39.0 Å². The molecule has 1 aliphatic heterocycles. The third-order valence-electron chi connectivity index (χ3n) is 4.97. The van der Waals surface area contributed by atoms with Gasteiger partial charge in [0.05, 0.1) is 10.4 Å². The smallest absolute Gasteiger partial charge is 0.449 e. The molecule has 0 atom stereocenters. The van der Waals surface area contributed by atoms with Gasteiger partial charge in [0, 0.05) is 23.1 Å². The van der Waals surface area contributed by atoms with Gasteiger partial charge in [0.15, 0.2) is 11.0 Å². The number of piperidine rings is 1. The Kier molecular flexibility index (Phi) is 3.45. The quantitative estimate of drug-likeness (QED) is 0.613. The van der Waals surface area contributed by atoms with Crippen LogP contribution in [0.3, 0.4) is 0 Å². The Morgan fingerprint density at radius 1 is 1.33 bits per heavy atom. The van der Waals surface area contributed by atoms with Gasteiger partial charge >= 0.3 is 6.18 Å². The van der Waals surface area contributed by atoms with Crippen LogP contribution in [-0.2, 0) is 13.2 Å². The number of aryl methyl sites for hydroxylation is 1. The van der Waals surface area contributed by atoms with Crippen LogP contribution in [0.2, 0.25) is 5.02 Å². The normalized spacial score (nSPS) is 19.4. The van der Waals surface area contributed by atoms with E-state index in [2.05, 4.69) is 9.88 Å². The van der Waals surface area contributed by atoms with Gasteiger partial charge in [-0.3, -0.25) is 4.79 Å². The number of imidazole rings is 1. The van der Waals surface area contributed by atoms with Gasteiger partial charge in [-0.1, -0.05) is 11.6 Å². The van der Waals surface area contributed by atoms with Crippen LogP contribution < -0.4 is 5.43 Å². The molecule has 0 N–H and O–H groups in total. The fraction of sp³-hybridized carbons (Fsp3) is 0.444. The largest absolute Gasteiger partial charge is 0.458 e. The average molecular weight is 403 g/mol. The van der Waals surface area contributed by atoms with Crippen molar-refractivity contribution in [3.8, 4) is 0 Å². The third-order valence-corrected chi connectivity index (χ3v) is 5.26. The van der Waals surface area contributed by atoms with E-state index in [1.54, 1.807) is 0 Å². The van der Waals surface area contributed by atoms with E-state index >= 15 is 0 Å². The molecule has 0 aliphatic carbocycles. The summed E-state index contributed by atoms with van der Waals surface area (Å²) in [5, 5.41) is -0.353. The zero-order valence-electron chi connectivity index (χ0n) is 17.2. The second kappa shape index (κ2) is 6.24. The van der Waals surface area contributed by atoms with E-state index in [9.17, 15) is 18.0 Å². The molecule has 4 rings (SSSR count). The SMILES string of the molecule is [2H]C([2H])([2H])n1c(C(F)(F)F)nc2c(Cl)cc3c(=O)cc(C4CCN(C)CC4)oc3c21. The third kappa shape index (κ3) is 3.00. The molecule has 0 unspecified atom stereocenters. The molecule has 1 fully saturated rings. The molecule has 1 saturated heterocycles. The van der Waals surface area contributed by atoms with Crippen LogP contribution in [0.1, 0.15) is 34.5 Å². The predicted octanol–water partition coefficient (Wildman–Crippen LogP) is 4.16. The highest BCUT2D eigenvalue weighted by molar-refractivity contribution is 6.36. The standard InChI is InChI=1S/C18H17ClF3N3O2/c1-24-5-3-9(4-6-24)13-8-12(26)10-7-11(19)14-15(16(10)27-13)25(2)17(23-14)18(20,21)22/h7-9H,3-6H2,1-2H3/i2D3. The highest BCUT2D eigenvalue weighted by atomic mass is 35.5. The lowest BCUT2D eigenvalue weighted by molar-refractivity contribution is -0.146. The molecular weight excluding hydrogens is 383 g/mol. The molecule has 0 bridgehead atoms. The average Bonchev–Trinajstić information content (AvgIpc) is 3.06. The number of rotatable bonds is 1. The molecule has 144 valence electrons. The fourth-order valence-corrected chi connectivity index (χ4v) is 3.75. The molecule has 1 aliphatic rings. The van der Waals surface area contributed by atoms with E-state index in [4.69, 9.17) is 20.1 Å². The molecule has 0 amide bonds. The van der Waals surface area contributed by atoms with Gasteiger partial charge in [-0.2, -0.15) is 13.2 Å². The van der Waals surface area contributed by atoms with E-state index in [1.807, 2.05) is 7.05 Å². The van der Waals surface area contributed by atoms with Crippen LogP contribution in [0.25, 0.3) is 22.0 Å². The van der Waals surface area contributed by atoms with Gasteiger partial charge in [0.25, 0.3) is 0 Å². The summed E-state index contributed by atoms with van der Waals surface area (Å²) < 4.78 is 69.6. The van der Waals surface area contributed by atoms with E-state index < -0.39 is 29.9 Å². The van der Waals surface area contributed by atoms with Crippen LogP contribution in [0.5, 0.6) is 0 Å². The maximum Gasteiger partial charge on any atom is 0.449 e. The maximum atomic E-state index is 13.6. The zero-order chi connectivity index (χ0) is 22.0. The highest BCUT2D eigenvalue weighted by Gasteiger charge is 2.38. The van der Waals surface area contributed by atoms with E-state index in [-0.39, 0.29) is 32.0 Å². The number of hydrogen-bond acceptors (Lipinski definition) is 4. The van der Waals surface area contributed by atoms with Crippen molar-refractivity contribution in [2.75, 3.05) is 20.1 Å². The number of nitrogens with zero attached hydrogens (tertiary/aromatic N) is 3. The Morgan fingerprint density at radius 3 is 2.67 bits per heavy atom. The van der Waals surface area contributed by atoms with Crippen LogP contribution in [0, 0.1) is 0 Å². The summed E-state index contributed by atoms with van der Waals surface area (Å²) in [7, 11) is 1.96. The first-order valence-corrected chi connectivity index (χ1v) is 8.70. The Bertz CT molecular complexity index is 1200. The lowest BCUT2D eigenvalue weighted by atomic mass is 9.94. The minimum Gasteiger partial charge on any atom is -0.458 e. The number of hydrogen-bond donors (Lipinski definition) is 0. The van der Waals surface area contributed by atoms with Gasteiger partial charge in [0.1, 0.15) is 16.8 Å². The summed E-state index contributed by atoms with van der Waals surface area (Å²) >= 11 is 6.09. The molecule has 3 aromatic rings. The lowest BCUT2D eigenvalue weighted by Gasteiger charge is -2.28. The molecular formula is C18H17ClF3N3O2. The molecule has 0 spiro atoms. The summed E-state index contributed by atoms with van der Waals surface area (Å²) in [6.07, 6.45) is -3.64. The number of alkyl halides is 3. The molecule has 27 heavy (non-hydrogen) atoms. The van der Waals surface area contributed by atoms with Crippen molar-refractivity contribution in [2.24, 2.45) is 6.98 Å². The minimum atomic E-state index is -5.05. The summed E-state index contributed by atoms with van der Waals surface area (Å²) in [4.78, 5) is 18.3. The monoisotopic (exact) mass is 402 g/mol. The Labute approximate surface area is 161 Å². The van der Waals surface area contributed by atoms with Crippen molar-refractivity contribution in [2.45, 2.75) is 24.9 Å². The van der Waals surface area contributed by atoms with Crippen molar-refractivity contribution in [1.82, 2.24) is 14.5 Å².